The molecule has 0 saturated carbocycles. The van der Waals surface area contributed by atoms with Gasteiger partial charge in [-0.3, -0.25) is 4.90 Å². The number of hydrogen-bond donors (Lipinski definition) is 0. The number of hydrogen-bond acceptors (Lipinski definition) is 6. The van der Waals surface area contributed by atoms with Crippen molar-refractivity contribution in [3.8, 4) is 11.5 Å². The highest BCUT2D eigenvalue weighted by Crippen LogP contribution is 2.37. The highest BCUT2D eigenvalue weighted by molar-refractivity contribution is 7.18. The van der Waals surface area contributed by atoms with E-state index in [2.05, 4.69) is 27.2 Å². The molecule has 1 fully saturated rings. The molecule has 4 aromatic rings. The van der Waals surface area contributed by atoms with E-state index in [0.29, 0.717) is 18.3 Å². The number of rotatable bonds is 4. The second-order valence-corrected chi connectivity index (χ2v) is 7.72. The molecule has 7 heteroatoms. The molecule has 1 aliphatic heterocycles. The Morgan fingerprint density at radius 1 is 1.11 bits per heavy atom. The molecule has 0 unspecified atom stereocenters. The monoisotopic (exact) mass is 380 g/mol. The third-order valence-electron chi connectivity index (χ3n) is 4.86. The normalized spacial score (nSPS) is 17.7. The smallest absolute Gasteiger partial charge is 0.247 e. The lowest BCUT2D eigenvalue weighted by molar-refractivity contribution is 0.224. The molecule has 27 heavy (non-hydrogen) atoms. The van der Waals surface area contributed by atoms with E-state index in [1.807, 2.05) is 12.1 Å². The average Bonchev–Trinajstić information content (AvgIpc) is 3.41. The summed E-state index contributed by atoms with van der Waals surface area (Å²) in [7, 11) is 0. The Hall–Kier alpha value is -2.64. The fraction of sp³-hybridized carbons (Fsp3) is 0.250. The van der Waals surface area contributed by atoms with Crippen molar-refractivity contribution < 1.29 is 8.81 Å². The Bertz CT molecular complexity index is 1040. The van der Waals surface area contributed by atoms with Crippen molar-refractivity contribution in [3.63, 3.8) is 0 Å². The summed E-state index contributed by atoms with van der Waals surface area (Å²) in [6.45, 7) is 1.57. The van der Waals surface area contributed by atoms with Crippen molar-refractivity contribution >= 4 is 21.6 Å². The summed E-state index contributed by atoms with van der Waals surface area (Å²) >= 11 is 1.76. The molecular formula is C20H17FN4OS. The van der Waals surface area contributed by atoms with Crippen LogP contribution in [0.5, 0.6) is 0 Å². The first-order valence-electron chi connectivity index (χ1n) is 8.94. The number of fused-ring (bicyclic) bond motifs is 1. The average molecular weight is 380 g/mol. The number of thiazole rings is 1. The second-order valence-electron chi connectivity index (χ2n) is 6.66. The van der Waals surface area contributed by atoms with Crippen LogP contribution in [0.2, 0.25) is 0 Å². The van der Waals surface area contributed by atoms with E-state index in [1.165, 1.54) is 16.8 Å². The van der Waals surface area contributed by atoms with Crippen LogP contribution in [0, 0.1) is 5.82 Å². The summed E-state index contributed by atoms with van der Waals surface area (Å²) in [5.41, 5.74) is 1.78. The molecule has 0 aliphatic carbocycles. The number of aromatic nitrogens is 3. The Morgan fingerprint density at radius 3 is 2.81 bits per heavy atom. The largest absolute Gasteiger partial charge is 0.419 e. The maximum atomic E-state index is 13.1. The fourth-order valence-corrected chi connectivity index (χ4v) is 4.67. The van der Waals surface area contributed by atoms with Crippen LogP contribution in [-0.2, 0) is 6.54 Å². The summed E-state index contributed by atoms with van der Waals surface area (Å²) < 4.78 is 20.1. The van der Waals surface area contributed by atoms with E-state index in [9.17, 15) is 4.39 Å². The topological polar surface area (TPSA) is 55.1 Å². The van der Waals surface area contributed by atoms with Gasteiger partial charge in [-0.05, 0) is 55.8 Å². The van der Waals surface area contributed by atoms with Crippen molar-refractivity contribution in [1.82, 2.24) is 20.1 Å². The Morgan fingerprint density at radius 2 is 1.96 bits per heavy atom. The molecule has 1 aliphatic rings. The van der Waals surface area contributed by atoms with Crippen molar-refractivity contribution in [2.45, 2.75) is 25.4 Å². The summed E-state index contributed by atoms with van der Waals surface area (Å²) in [5, 5.41) is 9.44. The first-order chi connectivity index (χ1) is 13.3. The molecular weight excluding hydrogens is 363 g/mol. The number of nitrogens with zero attached hydrogens (tertiary/aromatic N) is 4. The molecule has 2 aromatic carbocycles. The van der Waals surface area contributed by atoms with Crippen molar-refractivity contribution in [3.05, 3.63) is 65.2 Å². The minimum absolute atomic E-state index is 0.281. The van der Waals surface area contributed by atoms with E-state index in [1.54, 1.807) is 23.5 Å². The van der Waals surface area contributed by atoms with Gasteiger partial charge in [-0.2, -0.15) is 0 Å². The maximum absolute atomic E-state index is 13.1. The molecule has 1 saturated heterocycles. The second kappa shape index (κ2) is 6.83. The molecule has 3 heterocycles. The molecule has 0 radical (unpaired) electrons. The molecule has 0 amide bonds. The zero-order chi connectivity index (χ0) is 18.2. The third-order valence-corrected chi connectivity index (χ3v) is 5.99. The van der Waals surface area contributed by atoms with Gasteiger partial charge in [-0.25, -0.2) is 9.37 Å². The minimum atomic E-state index is -0.283. The van der Waals surface area contributed by atoms with Crippen LogP contribution in [0.25, 0.3) is 21.7 Å². The van der Waals surface area contributed by atoms with Gasteiger partial charge in [0.25, 0.3) is 0 Å². The lowest BCUT2D eigenvalue weighted by atomic mass is 10.2. The molecule has 136 valence electrons. The number of benzene rings is 2. The van der Waals surface area contributed by atoms with Gasteiger partial charge in [0, 0.05) is 5.56 Å². The van der Waals surface area contributed by atoms with E-state index in [0.717, 1.165) is 35.5 Å². The standard InChI is InChI=1S/C20H17FN4OS/c21-14-9-7-13(8-10-14)19-24-23-18(26-19)12-25-11-3-5-16(25)20-22-15-4-1-2-6-17(15)27-20/h1-2,4,6-10,16H,3,5,11-12H2/t16-/m1/s1. The quantitative estimate of drug-likeness (QED) is 0.508. The first-order valence-corrected chi connectivity index (χ1v) is 9.76. The molecule has 0 spiro atoms. The Labute approximate surface area is 159 Å². The van der Waals surface area contributed by atoms with E-state index >= 15 is 0 Å². The SMILES string of the molecule is Fc1ccc(-c2nnc(CN3CCC[C@@H]3c3nc4ccccc4s3)o2)cc1. The van der Waals surface area contributed by atoms with E-state index in [-0.39, 0.29) is 11.9 Å². The van der Waals surface area contributed by atoms with Crippen molar-refractivity contribution in [2.24, 2.45) is 0 Å². The van der Waals surface area contributed by atoms with Gasteiger partial charge in [0.2, 0.25) is 11.8 Å². The Balaban J connectivity index is 1.36. The van der Waals surface area contributed by atoms with Crippen LogP contribution in [0.15, 0.2) is 52.9 Å². The maximum Gasteiger partial charge on any atom is 0.247 e. The lowest BCUT2D eigenvalue weighted by Gasteiger charge is -2.20. The predicted molar refractivity (Wildman–Crippen MR) is 102 cm³/mol. The van der Waals surface area contributed by atoms with Crippen molar-refractivity contribution in [2.75, 3.05) is 6.54 Å². The van der Waals surface area contributed by atoms with Gasteiger partial charge in [-0.15, -0.1) is 21.5 Å². The van der Waals surface area contributed by atoms with Gasteiger partial charge >= 0.3 is 0 Å². The number of halogens is 1. The van der Waals surface area contributed by atoms with Crippen LogP contribution in [0.4, 0.5) is 4.39 Å². The fourth-order valence-electron chi connectivity index (χ4n) is 3.53. The molecule has 2 aromatic heterocycles. The van der Waals surface area contributed by atoms with Crippen LogP contribution in [-0.4, -0.2) is 26.6 Å². The lowest BCUT2D eigenvalue weighted by Crippen LogP contribution is -2.22. The van der Waals surface area contributed by atoms with Crippen LogP contribution in [0.1, 0.15) is 29.8 Å². The first kappa shape index (κ1) is 16.5. The molecule has 5 rings (SSSR count). The molecule has 0 bridgehead atoms. The highest BCUT2D eigenvalue weighted by Gasteiger charge is 2.30. The van der Waals surface area contributed by atoms with Crippen molar-refractivity contribution in [1.29, 1.82) is 0 Å². The third kappa shape index (κ3) is 3.24. The zero-order valence-corrected chi connectivity index (χ0v) is 15.3. The van der Waals surface area contributed by atoms with E-state index in [4.69, 9.17) is 9.40 Å². The minimum Gasteiger partial charge on any atom is -0.419 e. The van der Waals surface area contributed by atoms with E-state index < -0.39 is 0 Å². The van der Waals surface area contributed by atoms with Gasteiger partial charge < -0.3 is 4.42 Å². The van der Waals surface area contributed by atoms with Crippen LogP contribution < -0.4 is 0 Å². The highest BCUT2D eigenvalue weighted by atomic mass is 32.1. The summed E-state index contributed by atoms with van der Waals surface area (Å²) in [4.78, 5) is 7.17. The van der Waals surface area contributed by atoms with Crippen LogP contribution in [0.3, 0.4) is 0 Å². The number of likely N-dealkylation sites (tertiary alicyclic amines) is 1. The summed E-state index contributed by atoms with van der Waals surface area (Å²) in [6, 6.07) is 14.6. The summed E-state index contributed by atoms with van der Waals surface area (Å²) in [6.07, 6.45) is 2.21. The van der Waals surface area contributed by atoms with Gasteiger partial charge in [0.1, 0.15) is 10.8 Å². The molecule has 5 nitrogen and oxygen atoms in total. The van der Waals surface area contributed by atoms with Gasteiger partial charge in [0.05, 0.1) is 22.8 Å². The Kier molecular flexibility index (Phi) is 4.18. The van der Waals surface area contributed by atoms with Gasteiger partial charge in [0.15, 0.2) is 0 Å². The molecule has 1 atom stereocenters. The predicted octanol–water partition coefficient (Wildman–Crippen LogP) is 4.82. The summed E-state index contributed by atoms with van der Waals surface area (Å²) in [5.74, 6) is 0.706. The van der Waals surface area contributed by atoms with Gasteiger partial charge in [-0.1, -0.05) is 12.1 Å². The zero-order valence-electron chi connectivity index (χ0n) is 14.5. The molecule has 0 N–H and O–H groups in total. The van der Waals surface area contributed by atoms with Crippen LogP contribution >= 0.6 is 11.3 Å². The number of para-hydroxylation sites is 1.